The third kappa shape index (κ3) is 6.89. The van der Waals surface area contributed by atoms with Crippen molar-refractivity contribution in [3.63, 3.8) is 0 Å². The highest BCUT2D eigenvalue weighted by Crippen LogP contribution is 2.44. The van der Waals surface area contributed by atoms with E-state index in [1.807, 2.05) is 0 Å². The fourth-order valence-corrected chi connectivity index (χ4v) is 4.07. The van der Waals surface area contributed by atoms with Gasteiger partial charge in [-0.3, -0.25) is 0 Å². The zero-order chi connectivity index (χ0) is 16.1. The van der Waals surface area contributed by atoms with Crippen LogP contribution in [0.3, 0.4) is 0 Å². The first kappa shape index (κ1) is 19.7. The minimum absolute atomic E-state index is 0.0117. The predicted octanol–water partition coefficient (Wildman–Crippen LogP) is 6.64. The molecule has 1 atom stereocenters. The quantitative estimate of drug-likeness (QED) is 0.394. The van der Waals surface area contributed by atoms with Crippen LogP contribution in [0.15, 0.2) is 36.0 Å². The summed E-state index contributed by atoms with van der Waals surface area (Å²) in [5.74, 6) is 0. The van der Waals surface area contributed by atoms with Crippen LogP contribution in [0.25, 0.3) is 0 Å². The molecular weight excluding hydrogens is 259 g/mol. The van der Waals surface area contributed by atoms with Crippen LogP contribution in [-0.4, -0.2) is 19.0 Å². The molecule has 116 valence electrons. The molecule has 0 amide bonds. The summed E-state index contributed by atoms with van der Waals surface area (Å²) < 4.78 is 0. The Balaban J connectivity index is 5.55. The van der Waals surface area contributed by atoms with Crippen molar-refractivity contribution < 1.29 is 0 Å². The summed E-state index contributed by atoms with van der Waals surface area (Å²) in [7, 11) is -0.0117. The number of allylic oxidation sites excluding steroid dienone is 5. The first-order valence-corrected chi connectivity index (χ1v) is 9.90. The summed E-state index contributed by atoms with van der Waals surface area (Å²) in [6.45, 7) is 24.8. The second kappa shape index (κ2) is 7.60. The predicted molar refractivity (Wildman–Crippen MR) is 98.1 cm³/mol. The maximum absolute atomic E-state index is 4.08. The van der Waals surface area contributed by atoms with Gasteiger partial charge in [-0.2, -0.15) is 0 Å². The molecule has 20 heavy (non-hydrogen) atoms. The highest BCUT2D eigenvalue weighted by atomic mass is 31.1. The number of hydrogen-bond donors (Lipinski definition) is 0. The molecule has 0 bridgehead atoms. The largest absolute Gasteiger partial charge is 0.105 e. The van der Waals surface area contributed by atoms with Crippen LogP contribution in [0.4, 0.5) is 0 Å². The maximum atomic E-state index is 4.08. The van der Waals surface area contributed by atoms with E-state index in [0.717, 1.165) is 0 Å². The van der Waals surface area contributed by atoms with Crippen molar-refractivity contribution in [2.24, 2.45) is 10.8 Å². The topological polar surface area (TPSA) is 0 Å². The zero-order valence-electron chi connectivity index (χ0n) is 15.2. The summed E-state index contributed by atoms with van der Waals surface area (Å²) >= 11 is 0. The van der Waals surface area contributed by atoms with E-state index < -0.39 is 0 Å². The molecule has 0 aromatic heterocycles. The van der Waals surface area contributed by atoms with Gasteiger partial charge < -0.3 is 0 Å². The van der Waals surface area contributed by atoms with Gasteiger partial charge in [0.1, 0.15) is 0 Å². The minimum atomic E-state index is -0.0117. The fourth-order valence-electron chi connectivity index (χ4n) is 2.38. The van der Waals surface area contributed by atoms with E-state index in [2.05, 4.69) is 86.6 Å². The van der Waals surface area contributed by atoms with Gasteiger partial charge in [0.25, 0.3) is 0 Å². The Morgan fingerprint density at radius 2 is 1.60 bits per heavy atom. The fraction of sp³-hybridized carbons (Fsp3) is 0.684. The molecule has 0 fully saturated rings. The molecule has 0 heterocycles. The Labute approximate surface area is 129 Å². The van der Waals surface area contributed by atoms with Gasteiger partial charge in [0.2, 0.25) is 0 Å². The van der Waals surface area contributed by atoms with Crippen molar-refractivity contribution in [3.05, 3.63) is 36.0 Å². The summed E-state index contributed by atoms with van der Waals surface area (Å²) in [6.07, 6.45) is 7.93. The summed E-state index contributed by atoms with van der Waals surface area (Å²) in [5, 5.41) is 0. The molecular formula is C19H35P. The Morgan fingerprint density at radius 1 is 1.10 bits per heavy atom. The van der Waals surface area contributed by atoms with Crippen LogP contribution in [0, 0.1) is 10.8 Å². The summed E-state index contributed by atoms with van der Waals surface area (Å²) in [4.78, 5) is 0. The van der Waals surface area contributed by atoms with Crippen LogP contribution in [-0.2, 0) is 0 Å². The van der Waals surface area contributed by atoms with Gasteiger partial charge in [0, 0.05) is 5.66 Å². The lowest BCUT2D eigenvalue weighted by atomic mass is 9.83. The van der Waals surface area contributed by atoms with Crippen molar-refractivity contribution in [3.8, 4) is 0 Å². The zero-order valence-corrected chi connectivity index (χ0v) is 16.1. The average molecular weight is 294 g/mol. The highest BCUT2D eigenvalue weighted by Gasteiger charge is 2.24. The highest BCUT2D eigenvalue weighted by molar-refractivity contribution is 7.57. The molecule has 1 unspecified atom stereocenters. The second-order valence-electron chi connectivity index (χ2n) is 8.09. The Morgan fingerprint density at radius 3 is 1.85 bits per heavy atom. The van der Waals surface area contributed by atoms with Gasteiger partial charge >= 0.3 is 0 Å². The van der Waals surface area contributed by atoms with Crippen LogP contribution < -0.4 is 0 Å². The van der Waals surface area contributed by atoms with Gasteiger partial charge in [-0.1, -0.05) is 66.3 Å². The third-order valence-corrected chi connectivity index (χ3v) is 5.28. The Bertz CT molecular complexity index is 370. The molecule has 0 spiro atoms. The van der Waals surface area contributed by atoms with Crippen molar-refractivity contribution in [2.45, 2.75) is 60.5 Å². The summed E-state index contributed by atoms with van der Waals surface area (Å²) in [6, 6.07) is 0. The Hall–Kier alpha value is -0.350. The molecule has 0 aliphatic heterocycles. The SMILES string of the molecule is C=C/C(=C\C(=C/C)C(C)(C)C)C(CC(C)(C)C)P(C)C. The van der Waals surface area contributed by atoms with Crippen molar-refractivity contribution in [1.82, 2.24) is 0 Å². The van der Waals surface area contributed by atoms with Crippen molar-refractivity contribution in [1.29, 1.82) is 0 Å². The lowest BCUT2D eigenvalue weighted by Gasteiger charge is -2.31. The van der Waals surface area contributed by atoms with E-state index >= 15 is 0 Å². The van der Waals surface area contributed by atoms with Gasteiger partial charge in [0.05, 0.1) is 0 Å². The number of rotatable bonds is 5. The second-order valence-corrected chi connectivity index (χ2v) is 10.6. The van der Waals surface area contributed by atoms with Crippen LogP contribution in [0.5, 0.6) is 0 Å². The molecule has 0 saturated carbocycles. The van der Waals surface area contributed by atoms with E-state index in [0.29, 0.717) is 11.1 Å². The molecule has 0 N–H and O–H groups in total. The molecule has 0 nitrogen and oxygen atoms in total. The molecule has 0 aromatic rings. The first-order valence-electron chi connectivity index (χ1n) is 7.59. The van der Waals surface area contributed by atoms with Crippen molar-refractivity contribution in [2.75, 3.05) is 13.3 Å². The van der Waals surface area contributed by atoms with E-state index in [1.165, 1.54) is 17.6 Å². The monoisotopic (exact) mass is 294 g/mol. The van der Waals surface area contributed by atoms with E-state index in [-0.39, 0.29) is 13.3 Å². The lowest BCUT2D eigenvalue weighted by Crippen LogP contribution is -2.19. The van der Waals surface area contributed by atoms with Gasteiger partial charge in [-0.05, 0) is 48.7 Å². The lowest BCUT2D eigenvalue weighted by molar-refractivity contribution is 0.382. The molecule has 0 aliphatic rings. The average Bonchev–Trinajstić information content (AvgIpc) is 2.25. The molecule has 1 heteroatoms. The smallest absolute Gasteiger partial charge is 0.00417 e. The minimum Gasteiger partial charge on any atom is -0.105 e. The van der Waals surface area contributed by atoms with Crippen LogP contribution in [0.1, 0.15) is 54.9 Å². The standard InChI is InChI=1S/C19H35P/c1-11-15(13-16(12-2)19(6,7)8)17(20(9)10)14-18(3,4)5/h11-13,17H,1,14H2,2-10H3/b15-13+,16-12+. The normalized spacial score (nSPS) is 16.5. The maximum Gasteiger partial charge on any atom is 0.00417 e. The number of hydrogen-bond acceptors (Lipinski definition) is 0. The molecule has 0 aromatic carbocycles. The van der Waals surface area contributed by atoms with E-state index in [9.17, 15) is 0 Å². The molecule has 0 aliphatic carbocycles. The van der Waals surface area contributed by atoms with Gasteiger partial charge in [-0.25, -0.2) is 0 Å². The molecule has 0 radical (unpaired) electrons. The van der Waals surface area contributed by atoms with Gasteiger partial charge in [-0.15, -0.1) is 7.92 Å². The van der Waals surface area contributed by atoms with E-state index in [1.54, 1.807) is 0 Å². The van der Waals surface area contributed by atoms with Gasteiger partial charge in [0.15, 0.2) is 0 Å². The third-order valence-electron chi connectivity index (χ3n) is 3.55. The summed E-state index contributed by atoms with van der Waals surface area (Å²) in [5.41, 5.74) is 4.01. The van der Waals surface area contributed by atoms with Crippen LogP contribution in [0.2, 0.25) is 0 Å². The Kier molecular flexibility index (Phi) is 7.47. The van der Waals surface area contributed by atoms with Crippen molar-refractivity contribution >= 4 is 7.92 Å². The van der Waals surface area contributed by atoms with Crippen LogP contribution >= 0.6 is 7.92 Å². The first-order chi connectivity index (χ1) is 8.92. The molecule has 0 saturated heterocycles. The van der Waals surface area contributed by atoms with E-state index in [4.69, 9.17) is 0 Å². The molecule has 0 rings (SSSR count).